The lowest BCUT2D eigenvalue weighted by Gasteiger charge is -2.07. The Morgan fingerprint density at radius 1 is 0.857 bits per heavy atom. The van der Waals surface area contributed by atoms with Gasteiger partial charge in [-0.2, -0.15) is 17.7 Å². The zero-order valence-electron chi connectivity index (χ0n) is 14.6. The molecule has 0 N–H and O–H groups in total. The first-order valence-corrected chi connectivity index (χ1v) is 8.77. The van der Waals surface area contributed by atoms with E-state index in [0.29, 0.717) is 6.54 Å². The number of aromatic nitrogens is 2. The Hall–Kier alpha value is -3.41. The molecule has 0 unspecified atom stereocenters. The lowest BCUT2D eigenvalue weighted by molar-refractivity contribution is -0.662. The lowest BCUT2D eigenvalue weighted by Crippen LogP contribution is -2.35. The van der Waals surface area contributed by atoms with Crippen LogP contribution in [-0.2, 0) is 12.7 Å². The number of pyridine rings is 2. The van der Waals surface area contributed by atoms with Crippen LogP contribution in [0.25, 0.3) is 27.3 Å². The average molecular weight is 379 g/mol. The van der Waals surface area contributed by atoms with Gasteiger partial charge in [-0.15, -0.1) is 0 Å². The molecule has 3 heterocycles. The number of benzene rings is 2. The number of alkyl halides is 3. The van der Waals surface area contributed by atoms with Crippen molar-refractivity contribution < 1.29 is 17.7 Å². The second kappa shape index (κ2) is 5.79. The summed E-state index contributed by atoms with van der Waals surface area (Å²) in [6.45, 7) is 0.406. The summed E-state index contributed by atoms with van der Waals surface area (Å²) in [4.78, 5) is 12.5. The van der Waals surface area contributed by atoms with Gasteiger partial charge in [0.25, 0.3) is 5.56 Å². The van der Waals surface area contributed by atoms with Crippen molar-refractivity contribution >= 4 is 27.3 Å². The van der Waals surface area contributed by atoms with E-state index in [1.165, 1.54) is 18.2 Å². The van der Waals surface area contributed by atoms with Crippen LogP contribution in [0.2, 0.25) is 0 Å². The van der Waals surface area contributed by atoms with E-state index in [-0.39, 0.29) is 5.56 Å². The van der Waals surface area contributed by atoms with Gasteiger partial charge in [0, 0.05) is 34.5 Å². The third kappa shape index (κ3) is 2.45. The van der Waals surface area contributed by atoms with Crippen molar-refractivity contribution in [3.8, 4) is 0 Å². The maximum atomic E-state index is 12.8. The molecule has 0 aliphatic rings. The van der Waals surface area contributed by atoms with Crippen molar-refractivity contribution in [3.63, 3.8) is 0 Å². The molecule has 2 aromatic carbocycles. The number of halogens is 3. The Kier molecular flexibility index (Phi) is 3.46. The quantitative estimate of drug-likeness (QED) is 0.418. The Morgan fingerprint density at radius 2 is 1.61 bits per heavy atom. The van der Waals surface area contributed by atoms with Gasteiger partial charge in [-0.05, 0) is 18.2 Å². The molecule has 3 nitrogen and oxygen atoms in total. The molecule has 6 heteroatoms. The number of para-hydroxylation sites is 1. The third-order valence-corrected chi connectivity index (χ3v) is 5.13. The van der Waals surface area contributed by atoms with Gasteiger partial charge in [0.2, 0.25) is 5.52 Å². The van der Waals surface area contributed by atoms with Crippen molar-refractivity contribution in [1.82, 2.24) is 4.40 Å². The molecule has 0 amide bonds. The minimum Gasteiger partial charge on any atom is -0.270 e. The van der Waals surface area contributed by atoms with Gasteiger partial charge in [-0.1, -0.05) is 30.3 Å². The molecule has 5 aromatic rings. The molecule has 0 spiro atoms. The molecule has 138 valence electrons. The van der Waals surface area contributed by atoms with Crippen LogP contribution in [0.3, 0.4) is 0 Å². The van der Waals surface area contributed by atoms with Crippen molar-refractivity contribution in [2.75, 3.05) is 0 Å². The van der Waals surface area contributed by atoms with Crippen LogP contribution in [0.5, 0.6) is 0 Å². The van der Waals surface area contributed by atoms with Crippen LogP contribution >= 0.6 is 0 Å². The largest absolute Gasteiger partial charge is 0.416 e. The topological polar surface area (TPSA) is 25.4 Å². The zero-order chi connectivity index (χ0) is 19.5. The fraction of sp³-hybridized carbons (Fsp3) is 0.0909. The Balaban J connectivity index is 1.69. The zero-order valence-corrected chi connectivity index (χ0v) is 14.6. The maximum absolute atomic E-state index is 12.8. The fourth-order valence-corrected chi connectivity index (χ4v) is 3.83. The molecule has 0 fully saturated rings. The summed E-state index contributed by atoms with van der Waals surface area (Å²) in [5.41, 5.74) is 2.51. The first kappa shape index (κ1) is 16.7. The Bertz CT molecular complexity index is 1390. The van der Waals surface area contributed by atoms with Gasteiger partial charge in [0.15, 0.2) is 12.7 Å². The van der Waals surface area contributed by atoms with Gasteiger partial charge in [0.05, 0.1) is 11.1 Å². The normalized spacial score (nSPS) is 12.4. The first-order valence-electron chi connectivity index (χ1n) is 8.77. The molecule has 0 aliphatic carbocycles. The van der Waals surface area contributed by atoms with Crippen LogP contribution in [0.15, 0.2) is 77.7 Å². The molecular formula is C22H14F3N2O+. The van der Waals surface area contributed by atoms with E-state index in [2.05, 4.69) is 0 Å². The molecule has 0 saturated carbocycles. The van der Waals surface area contributed by atoms with Crippen LogP contribution in [-0.4, -0.2) is 4.40 Å². The summed E-state index contributed by atoms with van der Waals surface area (Å²) < 4.78 is 42.0. The highest BCUT2D eigenvalue weighted by Crippen LogP contribution is 2.30. The second-order valence-corrected chi connectivity index (χ2v) is 6.81. The third-order valence-electron chi connectivity index (χ3n) is 5.13. The predicted molar refractivity (Wildman–Crippen MR) is 101 cm³/mol. The van der Waals surface area contributed by atoms with E-state index < -0.39 is 11.7 Å². The number of fused-ring (bicyclic) bond motifs is 3. The minimum absolute atomic E-state index is 0.106. The molecule has 0 saturated heterocycles. The highest BCUT2D eigenvalue weighted by atomic mass is 19.4. The van der Waals surface area contributed by atoms with Crippen LogP contribution in [0, 0.1) is 0 Å². The molecule has 5 rings (SSSR count). The molecular weight excluding hydrogens is 365 g/mol. The van der Waals surface area contributed by atoms with E-state index in [1.807, 2.05) is 41.1 Å². The van der Waals surface area contributed by atoms with E-state index >= 15 is 0 Å². The summed E-state index contributed by atoms with van der Waals surface area (Å²) in [6.07, 6.45) is -2.44. The predicted octanol–water partition coefficient (Wildman–Crippen LogP) is 4.40. The van der Waals surface area contributed by atoms with Gasteiger partial charge in [0.1, 0.15) is 5.52 Å². The standard InChI is InChI=1S/C22H14F3N2O/c23-22(24,25)15-7-5-14(6-8-15)13-26-12-11-17-16-3-1-2-4-18(16)27-20(28)10-9-19(26)21(17)27/h1-12H,13H2/q+1. The summed E-state index contributed by atoms with van der Waals surface area (Å²) >= 11 is 0. The summed E-state index contributed by atoms with van der Waals surface area (Å²) in [6, 6.07) is 18.1. The molecule has 0 radical (unpaired) electrons. The molecule has 0 aliphatic heterocycles. The molecule has 0 bridgehead atoms. The van der Waals surface area contributed by atoms with Gasteiger partial charge >= 0.3 is 6.18 Å². The number of hydrogen-bond acceptors (Lipinski definition) is 1. The average Bonchev–Trinajstić information content (AvgIpc) is 3.02. The number of nitrogens with zero attached hydrogens (tertiary/aromatic N) is 2. The van der Waals surface area contributed by atoms with Crippen molar-refractivity contribution in [2.45, 2.75) is 12.7 Å². The SMILES string of the molecule is O=c1ccc2c3c(cc[n+]2Cc2ccc(C(F)(F)F)cc2)c2ccccc2n13. The van der Waals surface area contributed by atoms with Gasteiger partial charge < -0.3 is 0 Å². The Morgan fingerprint density at radius 3 is 2.36 bits per heavy atom. The highest BCUT2D eigenvalue weighted by molar-refractivity contribution is 6.11. The molecule has 0 atom stereocenters. The molecule has 3 aromatic heterocycles. The first-order chi connectivity index (χ1) is 13.4. The number of rotatable bonds is 2. The summed E-state index contributed by atoms with van der Waals surface area (Å²) in [7, 11) is 0. The highest BCUT2D eigenvalue weighted by Gasteiger charge is 2.30. The van der Waals surface area contributed by atoms with Crippen LogP contribution < -0.4 is 10.1 Å². The summed E-state index contributed by atoms with van der Waals surface area (Å²) in [5.74, 6) is 0. The Labute approximate surface area is 157 Å². The summed E-state index contributed by atoms with van der Waals surface area (Å²) in [5, 5.41) is 1.98. The minimum atomic E-state index is -4.35. The van der Waals surface area contributed by atoms with Crippen molar-refractivity contribution in [3.05, 3.63) is 94.4 Å². The second-order valence-electron chi connectivity index (χ2n) is 6.81. The smallest absolute Gasteiger partial charge is 0.270 e. The molecule has 28 heavy (non-hydrogen) atoms. The van der Waals surface area contributed by atoms with E-state index in [9.17, 15) is 18.0 Å². The van der Waals surface area contributed by atoms with E-state index in [4.69, 9.17) is 0 Å². The van der Waals surface area contributed by atoms with Crippen LogP contribution in [0.4, 0.5) is 13.2 Å². The lowest BCUT2D eigenvalue weighted by atomic mass is 10.1. The van der Waals surface area contributed by atoms with Gasteiger partial charge in [-0.25, -0.2) is 0 Å². The van der Waals surface area contributed by atoms with Crippen molar-refractivity contribution in [1.29, 1.82) is 0 Å². The fourth-order valence-electron chi connectivity index (χ4n) is 3.83. The van der Waals surface area contributed by atoms with E-state index in [0.717, 1.165) is 45.0 Å². The number of hydrogen-bond donors (Lipinski definition) is 0. The van der Waals surface area contributed by atoms with Gasteiger partial charge in [-0.3, -0.25) is 9.20 Å². The monoisotopic (exact) mass is 379 g/mol. The van der Waals surface area contributed by atoms with Crippen molar-refractivity contribution in [2.24, 2.45) is 0 Å². The van der Waals surface area contributed by atoms with Crippen LogP contribution in [0.1, 0.15) is 11.1 Å². The maximum Gasteiger partial charge on any atom is 0.416 e. The van der Waals surface area contributed by atoms with E-state index in [1.54, 1.807) is 10.5 Å².